The molecule has 0 N–H and O–H groups in total. The highest BCUT2D eigenvalue weighted by Crippen LogP contribution is 2.47. The predicted molar refractivity (Wildman–Crippen MR) is 248 cm³/mol. The van der Waals surface area contributed by atoms with Crippen molar-refractivity contribution < 1.29 is 0 Å². The molecule has 0 spiro atoms. The van der Waals surface area contributed by atoms with Gasteiger partial charge >= 0.3 is 0 Å². The molecule has 0 fully saturated rings. The third-order valence-corrected chi connectivity index (χ3v) is 12.6. The zero-order valence-corrected chi connectivity index (χ0v) is 31.9. The van der Waals surface area contributed by atoms with E-state index in [1.54, 1.807) is 0 Å². The average Bonchev–Trinajstić information content (AvgIpc) is 3.30. The van der Waals surface area contributed by atoms with Gasteiger partial charge in [-0.1, -0.05) is 176 Å². The number of allylic oxidation sites excluding steroid dienone is 1. The fraction of sp³-hybridized carbons (Fsp3) is 0.0351. The van der Waals surface area contributed by atoms with E-state index in [1.165, 1.54) is 109 Å². The van der Waals surface area contributed by atoms with E-state index < -0.39 is 0 Å². The first kappa shape index (κ1) is 32.9. The lowest BCUT2D eigenvalue weighted by molar-refractivity contribution is 0.842. The van der Waals surface area contributed by atoms with Crippen LogP contribution in [0.3, 0.4) is 0 Å². The quantitative estimate of drug-likeness (QED) is 0.130. The van der Waals surface area contributed by atoms with Crippen molar-refractivity contribution in [2.24, 2.45) is 0 Å². The molecule has 1 heteroatoms. The Bertz CT molecular complexity index is 3470. The first-order valence-electron chi connectivity index (χ1n) is 20.3. The van der Waals surface area contributed by atoms with Gasteiger partial charge in [-0.15, -0.1) is 0 Å². The summed E-state index contributed by atoms with van der Waals surface area (Å²) in [7, 11) is 0. The Kier molecular flexibility index (Phi) is 7.43. The summed E-state index contributed by atoms with van der Waals surface area (Å²) < 4.78 is 0. The summed E-state index contributed by atoms with van der Waals surface area (Å²) in [5.41, 5.74) is 12.6. The standard InChI is InChI=1S/C57H37N/c1-3-11-36(12-4-1)38-23-27-46-40(31-38)19-21-42-33-44(25-29-48(42)46)55-50-15-7-8-16-51(50)56(57-52-17-9-10-18-54(52)58-35-53(55)57)45-26-30-49-43(34-45)22-20-41-32-39(24-28-47(41)49)37-13-5-2-6-14-37/h1-32,34-35,44H,33H2. The summed E-state index contributed by atoms with van der Waals surface area (Å²) in [6.45, 7) is 0. The SMILES string of the molecule is C1=CC(c2c3ccccc3c(-c3ccc4c(ccc5cc(-c6ccccc6)ccc54)c3)c3c2cnc2ccccc23)Cc2ccc3cc(-c4ccccc4)ccc3c21. The molecule has 0 saturated heterocycles. The summed E-state index contributed by atoms with van der Waals surface area (Å²) in [5.74, 6) is 0.196. The van der Waals surface area contributed by atoms with Gasteiger partial charge in [0.1, 0.15) is 0 Å². The first-order valence-corrected chi connectivity index (χ1v) is 20.3. The molecule has 1 atom stereocenters. The number of nitrogens with zero attached hydrogens (tertiary/aromatic N) is 1. The molecule has 270 valence electrons. The molecule has 0 radical (unpaired) electrons. The van der Waals surface area contributed by atoms with Crippen molar-refractivity contribution in [3.63, 3.8) is 0 Å². The maximum absolute atomic E-state index is 5.11. The van der Waals surface area contributed by atoms with Crippen LogP contribution in [0, 0.1) is 0 Å². The molecule has 1 unspecified atom stereocenters. The number of fused-ring (bicyclic) bond motifs is 10. The Balaban J connectivity index is 1.03. The lowest BCUT2D eigenvalue weighted by Gasteiger charge is -2.26. The van der Waals surface area contributed by atoms with Crippen molar-refractivity contribution in [2.75, 3.05) is 0 Å². The third kappa shape index (κ3) is 5.21. The average molecular weight is 736 g/mol. The molecular weight excluding hydrogens is 699 g/mol. The van der Waals surface area contributed by atoms with E-state index in [2.05, 4.69) is 206 Å². The highest BCUT2D eigenvalue weighted by Gasteiger charge is 2.25. The largest absolute Gasteiger partial charge is 0.256 e. The van der Waals surface area contributed by atoms with E-state index >= 15 is 0 Å². The van der Waals surface area contributed by atoms with Crippen LogP contribution in [0.2, 0.25) is 0 Å². The van der Waals surface area contributed by atoms with Crippen LogP contribution in [0.1, 0.15) is 22.6 Å². The maximum Gasteiger partial charge on any atom is 0.0708 e. The summed E-state index contributed by atoms with van der Waals surface area (Å²) >= 11 is 0. The second-order valence-electron chi connectivity index (χ2n) is 15.8. The zero-order chi connectivity index (χ0) is 38.2. The fourth-order valence-electron chi connectivity index (χ4n) is 9.87. The second-order valence-corrected chi connectivity index (χ2v) is 15.8. The fourth-order valence-corrected chi connectivity index (χ4v) is 9.87. The molecule has 11 aromatic rings. The molecule has 1 nitrogen and oxygen atoms in total. The monoisotopic (exact) mass is 735 g/mol. The molecule has 10 aromatic carbocycles. The molecule has 1 aromatic heterocycles. The van der Waals surface area contributed by atoms with Crippen LogP contribution < -0.4 is 0 Å². The van der Waals surface area contributed by atoms with Crippen molar-refractivity contribution in [2.45, 2.75) is 12.3 Å². The third-order valence-electron chi connectivity index (χ3n) is 12.6. The van der Waals surface area contributed by atoms with Crippen LogP contribution in [-0.2, 0) is 6.42 Å². The van der Waals surface area contributed by atoms with E-state index in [9.17, 15) is 0 Å². The van der Waals surface area contributed by atoms with Gasteiger partial charge in [0.25, 0.3) is 0 Å². The minimum absolute atomic E-state index is 0.196. The van der Waals surface area contributed by atoms with Gasteiger partial charge in [0.05, 0.1) is 5.52 Å². The first-order chi connectivity index (χ1) is 28.7. The molecule has 1 aliphatic rings. The molecule has 0 amide bonds. The van der Waals surface area contributed by atoms with Crippen LogP contribution in [0.5, 0.6) is 0 Å². The minimum Gasteiger partial charge on any atom is -0.256 e. The van der Waals surface area contributed by atoms with Gasteiger partial charge in [0.15, 0.2) is 0 Å². The summed E-state index contributed by atoms with van der Waals surface area (Å²) in [4.78, 5) is 5.11. The lowest BCUT2D eigenvalue weighted by Crippen LogP contribution is -2.08. The van der Waals surface area contributed by atoms with Crippen LogP contribution >= 0.6 is 0 Å². The van der Waals surface area contributed by atoms with Crippen LogP contribution in [0.25, 0.3) is 104 Å². The zero-order valence-electron chi connectivity index (χ0n) is 31.9. The van der Waals surface area contributed by atoms with Crippen molar-refractivity contribution in [1.82, 2.24) is 4.98 Å². The summed E-state index contributed by atoms with van der Waals surface area (Å²) in [5, 5.41) is 13.9. The Morgan fingerprint density at radius 1 is 0.397 bits per heavy atom. The molecule has 1 aliphatic carbocycles. The van der Waals surface area contributed by atoms with Gasteiger partial charge in [-0.25, -0.2) is 0 Å². The van der Waals surface area contributed by atoms with Crippen LogP contribution in [-0.4, -0.2) is 4.98 Å². The van der Waals surface area contributed by atoms with E-state index in [0.29, 0.717) is 0 Å². The second kappa shape index (κ2) is 13.1. The van der Waals surface area contributed by atoms with E-state index in [0.717, 1.165) is 11.9 Å². The van der Waals surface area contributed by atoms with Crippen LogP contribution in [0.15, 0.2) is 200 Å². The molecular formula is C57H37N. The number of para-hydroxylation sites is 1. The smallest absolute Gasteiger partial charge is 0.0708 e. The van der Waals surface area contributed by atoms with Crippen molar-refractivity contribution in [3.05, 3.63) is 217 Å². The topological polar surface area (TPSA) is 12.9 Å². The number of hydrogen-bond acceptors (Lipinski definition) is 1. The Hall–Kier alpha value is -7.35. The number of benzene rings is 10. The molecule has 0 aliphatic heterocycles. The Morgan fingerprint density at radius 3 is 1.66 bits per heavy atom. The predicted octanol–water partition coefficient (Wildman–Crippen LogP) is 15.4. The van der Waals surface area contributed by atoms with E-state index in [1.807, 2.05) is 0 Å². The minimum atomic E-state index is 0.196. The van der Waals surface area contributed by atoms with Gasteiger partial charge in [0, 0.05) is 28.3 Å². The molecule has 12 rings (SSSR count). The lowest BCUT2D eigenvalue weighted by atomic mass is 9.78. The van der Waals surface area contributed by atoms with Crippen LogP contribution in [0.4, 0.5) is 0 Å². The Labute approximate surface area is 337 Å². The number of aromatic nitrogens is 1. The van der Waals surface area contributed by atoms with Gasteiger partial charge < -0.3 is 0 Å². The molecule has 0 bridgehead atoms. The van der Waals surface area contributed by atoms with E-state index in [4.69, 9.17) is 4.98 Å². The van der Waals surface area contributed by atoms with E-state index in [-0.39, 0.29) is 5.92 Å². The Morgan fingerprint density at radius 2 is 0.948 bits per heavy atom. The maximum atomic E-state index is 5.11. The highest BCUT2D eigenvalue weighted by molar-refractivity contribution is 6.24. The number of pyridine rings is 1. The van der Waals surface area contributed by atoms with Gasteiger partial charge in [-0.3, -0.25) is 4.98 Å². The molecule has 58 heavy (non-hydrogen) atoms. The summed E-state index contributed by atoms with van der Waals surface area (Å²) in [6.07, 6.45) is 7.92. The van der Waals surface area contributed by atoms with Gasteiger partial charge in [0.2, 0.25) is 0 Å². The molecule has 0 saturated carbocycles. The van der Waals surface area contributed by atoms with Crippen molar-refractivity contribution in [3.8, 4) is 33.4 Å². The van der Waals surface area contributed by atoms with Gasteiger partial charge in [-0.05, 0) is 124 Å². The number of hydrogen-bond donors (Lipinski definition) is 0. The van der Waals surface area contributed by atoms with Gasteiger partial charge in [-0.2, -0.15) is 0 Å². The van der Waals surface area contributed by atoms with Crippen molar-refractivity contribution in [1.29, 1.82) is 0 Å². The highest BCUT2D eigenvalue weighted by atomic mass is 14.7. The molecule has 1 heterocycles. The number of rotatable bonds is 4. The normalized spacial score (nSPS) is 13.9. The van der Waals surface area contributed by atoms with Crippen molar-refractivity contribution >= 4 is 70.8 Å². The summed E-state index contributed by atoms with van der Waals surface area (Å²) in [6, 6.07) is 69.1.